The van der Waals surface area contributed by atoms with Gasteiger partial charge in [0.2, 0.25) is 0 Å². The largest absolute Gasteiger partial charge is 0.306 e. The molecule has 0 atom stereocenters. The van der Waals surface area contributed by atoms with Crippen molar-refractivity contribution >= 4 is 28.6 Å². The first kappa shape index (κ1) is 13.9. The van der Waals surface area contributed by atoms with Gasteiger partial charge in [0.15, 0.2) is 0 Å². The van der Waals surface area contributed by atoms with Crippen LogP contribution < -0.4 is 5.32 Å². The number of thiazole rings is 1. The quantitative estimate of drug-likeness (QED) is 0.679. The van der Waals surface area contributed by atoms with Gasteiger partial charge in [-0.25, -0.2) is 4.98 Å². The highest BCUT2D eigenvalue weighted by molar-refractivity contribution is 7.09. The van der Waals surface area contributed by atoms with Crippen LogP contribution in [0.4, 0.5) is 5.69 Å². The zero-order chi connectivity index (χ0) is 13.8. The van der Waals surface area contributed by atoms with Gasteiger partial charge in [-0.2, -0.15) is 0 Å². The molecule has 1 aromatic heterocycles. The van der Waals surface area contributed by atoms with E-state index in [1.165, 1.54) is 12.1 Å². The second kappa shape index (κ2) is 6.10. The Hall–Kier alpha value is -1.50. The Morgan fingerprint density at radius 3 is 2.89 bits per heavy atom. The van der Waals surface area contributed by atoms with Crippen molar-refractivity contribution in [1.29, 1.82) is 0 Å². The van der Waals surface area contributed by atoms with Crippen molar-refractivity contribution in [1.82, 2.24) is 10.3 Å². The van der Waals surface area contributed by atoms with Crippen molar-refractivity contribution in [2.75, 3.05) is 0 Å². The van der Waals surface area contributed by atoms with Crippen LogP contribution in [-0.2, 0) is 13.1 Å². The van der Waals surface area contributed by atoms with Crippen LogP contribution in [-0.4, -0.2) is 9.91 Å². The summed E-state index contributed by atoms with van der Waals surface area (Å²) in [4.78, 5) is 14.6. The molecule has 7 heteroatoms. The maximum absolute atomic E-state index is 10.7. The minimum Gasteiger partial charge on any atom is -0.306 e. The molecule has 0 aliphatic heterocycles. The molecule has 1 N–H and O–H groups in total. The normalized spacial score (nSPS) is 10.6. The number of nitrogens with one attached hydrogen (secondary N) is 1. The van der Waals surface area contributed by atoms with E-state index in [0.29, 0.717) is 23.7 Å². The predicted molar refractivity (Wildman–Crippen MR) is 75.5 cm³/mol. The second-order valence-electron chi connectivity index (χ2n) is 4.02. The third-order valence-corrected chi connectivity index (χ3v) is 3.83. The van der Waals surface area contributed by atoms with Crippen molar-refractivity contribution in [3.05, 3.63) is 55.0 Å². The maximum atomic E-state index is 10.7. The SMILES string of the molecule is Cc1csc(CNCc2cc([N+](=O)[O-])ccc2Cl)n1. The van der Waals surface area contributed by atoms with Gasteiger partial charge in [-0.05, 0) is 18.6 Å². The smallest absolute Gasteiger partial charge is 0.269 e. The van der Waals surface area contributed by atoms with E-state index < -0.39 is 4.92 Å². The fraction of sp³-hybridized carbons (Fsp3) is 0.250. The van der Waals surface area contributed by atoms with Gasteiger partial charge < -0.3 is 5.32 Å². The van der Waals surface area contributed by atoms with Gasteiger partial charge in [0.05, 0.1) is 4.92 Å². The number of nitrogens with zero attached hydrogens (tertiary/aromatic N) is 2. The number of benzene rings is 1. The van der Waals surface area contributed by atoms with Gasteiger partial charge in [0.25, 0.3) is 5.69 Å². The molecule has 100 valence electrons. The number of aryl methyl sites for hydroxylation is 1. The molecular weight excluding hydrogens is 286 g/mol. The summed E-state index contributed by atoms with van der Waals surface area (Å²) in [5, 5.41) is 17.4. The minimum absolute atomic E-state index is 0.0475. The van der Waals surface area contributed by atoms with Crippen LogP contribution in [0.5, 0.6) is 0 Å². The van der Waals surface area contributed by atoms with E-state index in [2.05, 4.69) is 10.3 Å². The highest BCUT2D eigenvalue weighted by atomic mass is 35.5. The van der Waals surface area contributed by atoms with Crippen LogP contribution in [0.1, 0.15) is 16.3 Å². The third-order valence-electron chi connectivity index (χ3n) is 2.50. The molecule has 0 unspecified atom stereocenters. The number of aromatic nitrogens is 1. The lowest BCUT2D eigenvalue weighted by Crippen LogP contribution is -2.13. The summed E-state index contributed by atoms with van der Waals surface area (Å²) in [6, 6.07) is 4.43. The lowest BCUT2D eigenvalue weighted by atomic mass is 10.2. The Labute approximate surface area is 119 Å². The lowest BCUT2D eigenvalue weighted by Gasteiger charge is -2.05. The van der Waals surface area contributed by atoms with Gasteiger partial charge in [-0.1, -0.05) is 11.6 Å². The standard InChI is InChI=1S/C12H12ClN3O2S/c1-8-7-19-12(15-8)6-14-5-9-4-10(16(17)18)2-3-11(9)13/h2-4,7,14H,5-6H2,1H3. The molecule has 5 nitrogen and oxygen atoms in total. The Morgan fingerprint density at radius 1 is 1.47 bits per heavy atom. The van der Waals surface area contributed by atoms with Crippen LogP contribution >= 0.6 is 22.9 Å². The van der Waals surface area contributed by atoms with Gasteiger partial charge in [0, 0.05) is 41.3 Å². The molecule has 1 aromatic carbocycles. The van der Waals surface area contributed by atoms with Crippen molar-refractivity contribution in [3.63, 3.8) is 0 Å². The predicted octanol–water partition coefficient (Wildman–Crippen LogP) is 3.30. The van der Waals surface area contributed by atoms with Crippen molar-refractivity contribution in [3.8, 4) is 0 Å². The van der Waals surface area contributed by atoms with E-state index in [9.17, 15) is 10.1 Å². The molecule has 0 saturated heterocycles. The van der Waals surface area contributed by atoms with Crippen LogP contribution in [0.2, 0.25) is 5.02 Å². The number of nitro groups is 1. The summed E-state index contributed by atoms with van der Waals surface area (Å²) >= 11 is 7.59. The van der Waals surface area contributed by atoms with Crippen LogP contribution in [0, 0.1) is 17.0 Å². The molecule has 0 radical (unpaired) electrons. The van der Waals surface area contributed by atoms with E-state index in [1.54, 1.807) is 17.4 Å². The first-order valence-corrected chi connectivity index (χ1v) is 6.86. The van der Waals surface area contributed by atoms with E-state index in [0.717, 1.165) is 10.7 Å². The molecule has 0 aliphatic carbocycles. The maximum Gasteiger partial charge on any atom is 0.269 e. The highest BCUT2D eigenvalue weighted by Crippen LogP contribution is 2.22. The molecule has 0 amide bonds. The van der Waals surface area contributed by atoms with Crippen molar-refractivity contribution in [2.24, 2.45) is 0 Å². The van der Waals surface area contributed by atoms with E-state index >= 15 is 0 Å². The number of non-ortho nitro benzene ring substituents is 1. The Kier molecular flexibility index (Phi) is 4.47. The molecule has 2 rings (SSSR count). The molecule has 0 saturated carbocycles. The Morgan fingerprint density at radius 2 is 2.26 bits per heavy atom. The van der Waals surface area contributed by atoms with E-state index in [4.69, 9.17) is 11.6 Å². The lowest BCUT2D eigenvalue weighted by molar-refractivity contribution is -0.384. The van der Waals surface area contributed by atoms with Gasteiger partial charge in [0.1, 0.15) is 5.01 Å². The van der Waals surface area contributed by atoms with Gasteiger partial charge in [-0.3, -0.25) is 10.1 Å². The van der Waals surface area contributed by atoms with E-state index in [1.807, 2.05) is 12.3 Å². The topological polar surface area (TPSA) is 68.1 Å². The summed E-state index contributed by atoms with van der Waals surface area (Å²) in [5.41, 5.74) is 1.76. The zero-order valence-electron chi connectivity index (χ0n) is 10.2. The number of hydrogen-bond donors (Lipinski definition) is 1. The minimum atomic E-state index is -0.427. The summed E-state index contributed by atoms with van der Waals surface area (Å²) < 4.78 is 0. The zero-order valence-corrected chi connectivity index (χ0v) is 11.8. The fourth-order valence-electron chi connectivity index (χ4n) is 1.60. The van der Waals surface area contributed by atoms with Crippen LogP contribution in [0.15, 0.2) is 23.6 Å². The van der Waals surface area contributed by atoms with Gasteiger partial charge in [-0.15, -0.1) is 11.3 Å². The molecule has 19 heavy (non-hydrogen) atoms. The number of rotatable bonds is 5. The fourth-order valence-corrected chi connectivity index (χ4v) is 2.52. The molecule has 1 heterocycles. The average Bonchev–Trinajstić information content (AvgIpc) is 2.77. The molecule has 0 fully saturated rings. The van der Waals surface area contributed by atoms with Crippen LogP contribution in [0.25, 0.3) is 0 Å². The van der Waals surface area contributed by atoms with Crippen molar-refractivity contribution in [2.45, 2.75) is 20.0 Å². The number of hydrogen-bond acceptors (Lipinski definition) is 5. The van der Waals surface area contributed by atoms with E-state index in [-0.39, 0.29) is 5.69 Å². The Bertz CT molecular complexity index is 600. The summed E-state index contributed by atoms with van der Waals surface area (Å²) in [7, 11) is 0. The van der Waals surface area contributed by atoms with Crippen molar-refractivity contribution < 1.29 is 4.92 Å². The summed E-state index contributed by atoms with van der Waals surface area (Å²) in [6.07, 6.45) is 0. The molecule has 2 aromatic rings. The van der Waals surface area contributed by atoms with Crippen LogP contribution in [0.3, 0.4) is 0 Å². The molecule has 0 bridgehead atoms. The molecule has 0 aliphatic rings. The number of nitro benzene ring substituents is 1. The second-order valence-corrected chi connectivity index (χ2v) is 5.37. The highest BCUT2D eigenvalue weighted by Gasteiger charge is 2.09. The van der Waals surface area contributed by atoms with Gasteiger partial charge >= 0.3 is 0 Å². The first-order chi connectivity index (χ1) is 9.06. The summed E-state index contributed by atoms with van der Waals surface area (Å²) in [6.45, 7) is 3.04. The monoisotopic (exact) mass is 297 g/mol. The molecule has 0 spiro atoms. The Balaban J connectivity index is 1.99. The third kappa shape index (κ3) is 3.73. The summed E-state index contributed by atoms with van der Waals surface area (Å²) in [5.74, 6) is 0. The molecular formula is C12H12ClN3O2S. The number of halogens is 1. The average molecular weight is 298 g/mol. The first-order valence-electron chi connectivity index (χ1n) is 5.61.